The molecule has 0 atom stereocenters. The fourth-order valence-electron chi connectivity index (χ4n) is 2.38. The molecule has 106 valence electrons. The highest BCUT2D eigenvalue weighted by atomic mass is 16.5. The van der Waals surface area contributed by atoms with Crippen LogP contribution >= 0.6 is 0 Å². The Kier molecular flexibility index (Phi) is 6.75. The van der Waals surface area contributed by atoms with E-state index in [4.69, 9.17) is 9.47 Å². The van der Waals surface area contributed by atoms with Gasteiger partial charge in [-0.2, -0.15) is 0 Å². The van der Waals surface area contributed by atoms with E-state index < -0.39 is 0 Å². The first kappa shape index (κ1) is 14.4. The largest absolute Gasteiger partial charge is 0.494 e. The van der Waals surface area contributed by atoms with Gasteiger partial charge in [-0.05, 0) is 37.9 Å². The molecule has 1 aliphatic rings. The molecule has 3 heteroatoms. The normalized spacial score (nSPS) is 15.8. The minimum atomic E-state index is 0.531. The van der Waals surface area contributed by atoms with Crippen LogP contribution in [0.1, 0.15) is 32.1 Å². The number of hydrogen-bond donors (Lipinski definition) is 1. The van der Waals surface area contributed by atoms with Crippen LogP contribution in [0.15, 0.2) is 30.3 Å². The molecular formula is C16H25NO2. The van der Waals surface area contributed by atoms with Crippen LogP contribution in [0.3, 0.4) is 0 Å². The van der Waals surface area contributed by atoms with Gasteiger partial charge in [0.15, 0.2) is 0 Å². The molecule has 0 saturated heterocycles. The lowest BCUT2D eigenvalue weighted by Gasteiger charge is -2.11. The van der Waals surface area contributed by atoms with E-state index in [0.29, 0.717) is 6.10 Å². The Labute approximate surface area is 116 Å². The lowest BCUT2D eigenvalue weighted by molar-refractivity contribution is 0.0603. The quantitative estimate of drug-likeness (QED) is 0.695. The van der Waals surface area contributed by atoms with E-state index in [9.17, 15) is 0 Å². The van der Waals surface area contributed by atoms with Gasteiger partial charge in [0.1, 0.15) is 5.75 Å². The third-order valence-electron chi connectivity index (χ3n) is 3.44. The van der Waals surface area contributed by atoms with E-state index in [1.54, 1.807) is 0 Å². The van der Waals surface area contributed by atoms with E-state index in [2.05, 4.69) is 5.32 Å². The van der Waals surface area contributed by atoms with Gasteiger partial charge in [0.05, 0.1) is 19.3 Å². The molecule has 0 aliphatic heterocycles. The molecule has 1 aliphatic carbocycles. The molecule has 1 aromatic carbocycles. The molecular weight excluding hydrogens is 238 g/mol. The predicted octanol–water partition coefficient (Wildman–Crippen LogP) is 3.00. The zero-order valence-electron chi connectivity index (χ0n) is 11.6. The van der Waals surface area contributed by atoms with E-state index in [0.717, 1.165) is 38.5 Å². The van der Waals surface area contributed by atoms with Crippen LogP contribution in [0.2, 0.25) is 0 Å². The van der Waals surface area contributed by atoms with Gasteiger partial charge >= 0.3 is 0 Å². The highest BCUT2D eigenvalue weighted by Gasteiger charge is 2.14. The summed E-state index contributed by atoms with van der Waals surface area (Å²) >= 11 is 0. The van der Waals surface area contributed by atoms with Gasteiger partial charge in [0.2, 0.25) is 0 Å². The van der Waals surface area contributed by atoms with Crippen LogP contribution in [0.25, 0.3) is 0 Å². The van der Waals surface area contributed by atoms with Crippen molar-refractivity contribution >= 4 is 0 Å². The van der Waals surface area contributed by atoms with Crippen LogP contribution in [0, 0.1) is 0 Å². The lowest BCUT2D eigenvalue weighted by atomic mass is 10.3. The van der Waals surface area contributed by atoms with Gasteiger partial charge in [-0.15, -0.1) is 0 Å². The maximum absolute atomic E-state index is 5.79. The summed E-state index contributed by atoms with van der Waals surface area (Å²) in [5.41, 5.74) is 0. The number of rotatable bonds is 9. The molecule has 1 N–H and O–H groups in total. The number of benzene rings is 1. The summed E-state index contributed by atoms with van der Waals surface area (Å²) in [7, 11) is 0. The first-order valence-corrected chi connectivity index (χ1v) is 7.45. The molecule has 1 fully saturated rings. The van der Waals surface area contributed by atoms with Crippen LogP contribution in [0.5, 0.6) is 5.75 Å². The number of nitrogens with one attached hydrogen (secondary N) is 1. The van der Waals surface area contributed by atoms with Gasteiger partial charge in [0, 0.05) is 6.54 Å². The van der Waals surface area contributed by atoms with Crippen LogP contribution in [-0.2, 0) is 4.74 Å². The summed E-state index contributed by atoms with van der Waals surface area (Å²) in [6.07, 6.45) is 6.75. The summed E-state index contributed by atoms with van der Waals surface area (Å²) in [6, 6.07) is 9.96. The second-order valence-electron chi connectivity index (χ2n) is 5.04. The Hall–Kier alpha value is -1.06. The smallest absolute Gasteiger partial charge is 0.119 e. The number of para-hydroxylation sites is 1. The fourth-order valence-corrected chi connectivity index (χ4v) is 2.38. The SMILES string of the molecule is c1ccc(OCCCNCCOC2CCCC2)cc1. The Morgan fingerprint density at radius 3 is 2.58 bits per heavy atom. The third kappa shape index (κ3) is 6.08. The summed E-state index contributed by atoms with van der Waals surface area (Å²) in [6.45, 7) is 3.54. The molecule has 1 aromatic rings. The monoisotopic (exact) mass is 263 g/mol. The Bertz CT molecular complexity index is 323. The third-order valence-corrected chi connectivity index (χ3v) is 3.44. The van der Waals surface area contributed by atoms with E-state index in [1.807, 2.05) is 30.3 Å². The van der Waals surface area contributed by atoms with E-state index >= 15 is 0 Å². The minimum Gasteiger partial charge on any atom is -0.494 e. The predicted molar refractivity (Wildman–Crippen MR) is 77.6 cm³/mol. The highest BCUT2D eigenvalue weighted by Crippen LogP contribution is 2.20. The fraction of sp³-hybridized carbons (Fsp3) is 0.625. The maximum Gasteiger partial charge on any atom is 0.119 e. The summed E-state index contributed by atoms with van der Waals surface area (Å²) in [4.78, 5) is 0. The zero-order chi connectivity index (χ0) is 13.2. The molecule has 0 amide bonds. The standard InChI is InChI=1S/C16H25NO2/c1-2-7-15(8-3-1)18-13-6-11-17-12-14-19-16-9-4-5-10-16/h1-3,7-8,16-17H,4-6,9-14H2. The topological polar surface area (TPSA) is 30.5 Å². The Balaban J connectivity index is 1.38. The van der Waals surface area contributed by atoms with Crippen molar-refractivity contribution in [2.75, 3.05) is 26.3 Å². The average Bonchev–Trinajstić information content (AvgIpc) is 2.96. The van der Waals surface area contributed by atoms with Crippen LogP contribution in [-0.4, -0.2) is 32.4 Å². The first-order valence-electron chi connectivity index (χ1n) is 7.45. The molecule has 0 heterocycles. The minimum absolute atomic E-state index is 0.531. The lowest BCUT2D eigenvalue weighted by Crippen LogP contribution is -2.24. The number of ether oxygens (including phenoxy) is 2. The zero-order valence-corrected chi connectivity index (χ0v) is 11.6. The second kappa shape index (κ2) is 8.94. The molecule has 19 heavy (non-hydrogen) atoms. The van der Waals surface area contributed by atoms with Crippen molar-refractivity contribution in [2.24, 2.45) is 0 Å². The van der Waals surface area contributed by atoms with Crippen molar-refractivity contribution in [3.05, 3.63) is 30.3 Å². The van der Waals surface area contributed by atoms with Crippen LogP contribution < -0.4 is 10.1 Å². The van der Waals surface area contributed by atoms with Crippen molar-refractivity contribution < 1.29 is 9.47 Å². The molecule has 2 rings (SSSR count). The van der Waals surface area contributed by atoms with Crippen molar-refractivity contribution in [3.63, 3.8) is 0 Å². The molecule has 0 unspecified atom stereocenters. The number of hydrogen-bond acceptors (Lipinski definition) is 3. The second-order valence-corrected chi connectivity index (χ2v) is 5.04. The Morgan fingerprint density at radius 2 is 1.79 bits per heavy atom. The van der Waals surface area contributed by atoms with Crippen molar-refractivity contribution in [1.82, 2.24) is 5.32 Å². The van der Waals surface area contributed by atoms with Gasteiger partial charge in [-0.3, -0.25) is 0 Å². The molecule has 0 spiro atoms. The molecule has 0 bridgehead atoms. The molecule has 3 nitrogen and oxygen atoms in total. The highest BCUT2D eigenvalue weighted by molar-refractivity contribution is 5.20. The Morgan fingerprint density at radius 1 is 1.00 bits per heavy atom. The van der Waals surface area contributed by atoms with Gasteiger partial charge in [0.25, 0.3) is 0 Å². The van der Waals surface area contributed by atoms with Crippen LogP contribution in [0.4, 0.5) is 0 Å². The van der Waals surface area contributed by atoms with Gasteiger partial charge in [-0.1, -0.05) is 31.0 Å². The van der Waals surface area contributed by atoms with Gasteiger partial charge in [-0.25, -0.2) is 0 Å². The van der Waals surface area contributed by atoms with Gasteiger partial charge < -0.3 is 14.8 Å². The van der Waals surface area contributed by atoms with Crippen molar-refractivity contribution in [2.45, 2.75) is 38.2 Å². The van der Waals surface area contributed by atoms with E-state index in [1.165, 1.54) is 25.7 Å². The molecule has 1 saturated carbocycles. The summed E-state index contributed by atoms with van der Waals surface area (Å²) in [5, 5.41) is 3.39. The first-order chi connectivity index (χ1) is 9.45. The maximum atomic E-state index is 5.79. The van der Waals surface area contributed by atoms with Crippen molar-refractivity contribution in [1.29, 1.82) is 0 Å². The van der Waals surface area contributed by atoms with Crippen molar-refractivity contribution in [3.8, 4) is 5.75 Å². The molecule has 0 aromatic heterocycles. The van der Waals surface area contributed by atoms with E-state index in [-0.39, 0.29) is 0 Å². The summed E-state index contributed by atoms with van der Waals surface area (Å²) < 4.78 is 11.4. The summed E-state index contributed by atoms with van der Waals surface area (Å²) in [5.74, 6) is 0.951. The molecule has 0 radical (unpaired) electrons. The average molecular weight is 263 g/mol.